The zero-order valence-electron chi connectivity index (χ0n) is 10.5. The smallest absolute Gasteiger partial charge is 0.0873 e. The van der Waals surface area contributed by atoms with Gasteiger partial charge in [-0.2, -0.15) is 0 Å². The first-order valence-electron chi connectivity index (χ1n) is 5.01. The van der Waals surface area contributed by atoms with E-state index < -0.39 is 0 Å². The number of amidine groups is 1. The second-order valence-corrected chi connectivity index (χ2v) is 4.30. The molecular formula is C11H28N2. The van der Waals surface area contributed by atoms with Gasteiger partial charge in [0.15, 0.2) is 0 Å². The molecule has 0 unspecified atom stereocenters. The molecule has 13 heavy (non-hydrogen) atoms. The van der Waals surface area contributed by atoms with Crippen LogP contribution in [-0.4, -0.2) is 5.84 Å². The molecule has 82 valence electrons. The van der Waals surface area contributed by atoms with Crippen molar-refractivity contribution in [2.24, 2.45) is 11.1 Å². The van der Waals surface area contributed by atoms with Crippen LogP contribution < -0.4 is 5.73 Å². The number of rotatable bonds is 0. The molecule has 2 heteroatoms. The van der Waals surface area contributed by atoms with Gasteiger partial charge in [0.1, 0.15) is 0 Å². The molecule has 0 saturated carbocycles. The standard InChI is InChI=1S/C6H14.C3H8.C2H6N2/c1-5-6(2,3)4;1-3-2;1-2(3)4/h5H2,1-4H3;3H2,1-2H3;1H3,(H3,3,4). The molecular weight excluding hydrogens is 160 g/mol. The summed E-state index contributed by atoms with van der Waals surface area (Å²) < 4.78 is 0. The molecule has 0 aromatic heterocycles. The van der Waals surface area contributed by atoms with Crippen molar-refractivity contribution in [1.82, 2.24) is 0 Å². The molecule has 0 aromatic carbocycles. The highest BCUT2D eigenvalue weighted by molar-refractivity contribution is 5.73. The maximum atomic E-state index is 6.28. The van der Waals surface area contributed by atoms with Crippen LogP contribution in [0.4, 0.5) is 0 Å². The van der Waals surface area contributed by atoms with Crippen LogP contribution in [0.2, 0.25) is 0 Å². The van der Waals surface area contributed by atoms with Crippen molar-refractivity contribution in [2.45, 2.75) is 61.3 Å². The largest absolute Gasteiger partial charge is 0.388 e. The van der Waals surface area contributed by atoms with Crippen LogP contribution in [0.5, 0.6) is 0 Å². The summed E-state index contributed by atoms with van der Waals surface area (Å²) in [5, 5.41) is 6.28. The molecule has 0 rings (SSSR count). The molecule has 0 aliphatic heterocycles. The molecule has 3 N–H and O–H groups in total. The first-order valence-corrected chi connectivity index (χ1v) is 5.01. The third-order valence-corrected chi connectivity index (χ3v) is 1.06. The number of nitrogens with two attached hydrogens (primary N) is 1. The maximum Gasteiger partial charge on any atom is 0.0873 e. The van der Waals surface area contributed by atoms with E-state index in [4.69, 9.17) is 11.1 Å². The minimum atomic E-state index is 0.167. The van der Waals surface area contributed by atoms with Crippen LogP contribution in [0, 0.1) is 10.8 Å². The summed E-state index contributed by atoms with van der Waals surface area (Å²) in [7, 11) is 0. The van der Waals surface area contributed by atoms with Gasteiger partial charge in [-0.1, -0.05) is 54.4 Å². The fourth-order valence-corrected chi connectivity index (χ4v) is 0. The monoisotopic (exact) mass is 188 g/mol. The average molecular weight is 188 g/mol. The lowest BCUT2D eigenvalue weighted by molar-refractivity contribution is 0.398. The van der Waals surface area contributed by atoms with E-state index in [1.807, 2.05) is 0 Å². The molecule has 0 fully saturated rings. The molecule has 0 aliphatic rings. The Morgan fingerprint density at radius 1 is 1.15 bits per heavy atom. The highest BCUT2D eigenvalue weighted by Crippen LogP contribution is 2.16. The van der Waals surface area contributed by atoms with Crippen LogP contribution in [-0.2, 0) is 0 Å². The van der Waals surface area contributed by atoms with Gasteiger partial charge in [-0.3, -0.25) is 5.41 Å². The van der Waals surface area contributed by atoms with Gasteiger partial charge in [-0.15, -0.1) is 0 Å². The molecule has 2 nitrogen and oxygen atoms in total. The van der Waals surface area contributed by atoms with E-state index in [1.54, 1.807) is 0 Å². The quantitative estimate of drug-likeness (QED) is 0.441. The topological polar surface area (TPSA) is 49.9 Å². The molecule has 0 amide bonds. The van der Waals surface area contributed by atoms with Crippen LogP contribution in [0.15, 0.2) is 0 Å². The van der Waals surface area contributed by atoms with Crippen molar-refractivity contribution < 1.29 is 0 Å². The summed E-state index contributed by atoms with van der Waals surface area (Å²) in [6.07, 6.45) is 2.52. The Morgan fingerprint density at radius 2 is 1.23 bits per heavy atom. The molecule has 0 bridgehead atoms. The first kappa shape index (κ1) is 18.3. The number of nitrogens with one attached hydrogen (secondary N) is 1. The van der Waals surface area contributed by atoms with E-state index in [1.165, 1.54) is 19.8 Å². The summed E-state index contributed by atoms with van der Waals surface area (Å²) in [5.74, 6) is 0.167. The minimum Gasteiger partial charge on any atom is -0.388 e. The zero-order valence-corrected chi connectivity index (χ0v) is 10.5. The highest BCUT2D eigenvalue weighted by atomic mass is 14.7. The summed E-state index contributed by atoms with van der Waals surface area (Å²) in [6, 6.07) is 0. The molecule has 0 saturated heterocycles. The normalized spacial score (nSPS) is 8.85. The molecule has 0 atom stereocenters. The Balaban J connectivity index is -0.000000125. The second kappa shape index (κ2) is 11.5. The van der Waals surface area contributed by atoms with Gasteiger partial charge in [0.2, 0.25) is 0 Å². The van der Waals surface area contributed by atoms with Crippen LogP contribution in [0.1, 0.15) is 61.3 Å². The highest BCUT2D eigenvalue weighted by Gasteiger charge is 2.03. The SMILES string of the molecule is CC(=N)N.CCC.CCC(C)(C)C. The first-order chi connectivity index (χ1) is 5.71. The van der Waals surface area contributed by atoms with Gasteiger partial charge in [-0.05, 0) is 12.3 Å². The minimum absolute atomic E-state index is 0.167. The lowest BCUT2D eigenvalue weighted by Crippen LogP contribution is -2.00. The summed E-state index contributed by atoms with van der Waals surface area (Å²) in [5.41, 5.74) is 5.24. The van der Waals surface area contributed by atoms with E-state index in [0.717, 1.165) is 0 Å². The van der Waals surface area contributed by atoms with Crippen molar-refractivity contribution in [3.63, 3.8) is 0 Å². The Morgan fingerprint density at radius 3 is 1.23 bits per heavy atom. The van der Waals surface area contributed by atoms with Crippen molar-refractivity contribution in [3.8, 4) is 0 Å². The van der Waals surface area contributed by atoms with E-state index in [0.29, 0.717) is 5.41 Å². The van der Waals surface area contributed by atoms with Gasteiger partial charge in [0, 0.05) is 0 Å². The molecule has 0 aliphatic carbocycles. The lowest BCUT2D eigenvalue weighted by Gasteiger charge is -2.12. The van der Waals surface area contributed by atoms with Crippen molar-refractivity contribution in [3.05, 3.63) is 0 Å². The maximum absolute atomic E-state index is 6.28. The predicted molar refractivity (Wildman–Crippen MR) is 63.3 cm³/mol. The van der Waals surface area contributed by atoms with E-state index in [2.05, 4.69) is 41.5 Å². The molecule has 0 heterocycles. The fourth-order valence-electron chi connectivity index (χ4n) is 0. The Labute approximate surface area is 84.4 Å². The Kier molecular flexibility index (Phi) is 16.1. The van der Waals surface area contributed by atoms with Crippen molar-refractivity contribution >= 4 is 5.84 Å². The van der Waals surface area contributed by atoms with Gasteiger partial charge < -0.3 is 5.73 Å². The third kappa shape index (κ3) is 169. The van der Waals surface area contributed by atoms with E-state index in [-0.39, 0.29) is 5.84 Å². The third-order valence-electron chi connectivity index (χ3n) is 1.06. The van der Waals surface area contributed by atoms with Crippen LogP contribution >= 0.6 is 0 Å². The average Bonchev–Trinajstić information content (AvgIpc) is 1.86. The number of hydrogen-bond acceptors (Lipinski definition) is 1. The molecule has 0 aromatic rings. The van der Waals surface area contributed by atoms with Crippen LogP contribution in [0.25, 0.3) is 0 Å². The predicted octanol–water partition coefficient (Wildman–Crippen LogP) is 3.80. The Bertz CT molecular complexity index is 97.1. The zero-order chi connectivity index (χ0) is 11.5. The fraction of sp³-hybridized carbons (Fsp3) is 0.909. The van der Waals surface area contributed by atoms with Gasteiger partial charge in [-0.25, -0.2) is 0 Å². The van der Waals surface area contributed by atoms with Gasteiger partial charge in [0.25, 0.3) is 0 Å². The molecule has 0 spiro atoms. The van der Waals surface area contributed by atoms with E-state index >= 15 is 0 Å². The molecule has 0 radical (unpaired) electrons. The van der Waals surface area contributed by atoms with Gasteiger partial charge >= 0.3 is 0 Å². The summed E-state index contributed by atoms with van der Waals surface area (Å²) >= 11 is 0. The summed E-state index contributed by atoms with van der Waals surface area (Å²) in [4.78, 5) is 0. The van der Waals surface area contributed by atoms with Crippen molar-refractivity contribution in [2.75, 3.05) is 0 Å². The second-order valence-electron chi connectivity index (χ2n) is 4.30. The van der Waals surface area contributed by atoms with Gasteiger partial charge in [0.05, 0.1) is 5.84 Å². The van der Waals surface area contributed by atoms with Crippen LogP contribution in [0.3, 0.4) is 0 Å². The Hall–Kier alpha value is -0.530. The number of hydrogen-bond donors (Lipinski definition) is 2. The lowest BCUT2D eigenvalue weighted by atomic mass is 9.94. The summed E-state index contributed by atoms with van der Waals surface area (Å²) in [6.45, 7) is 14.7. The van der Waals surface area contributed by atoms with E-state index in [9.17, 15) is 0 Å². The van der Waals surface area contributed by atoms with Crippen molar-refractivity contribution in [1.29, 1.82) is 5.41 Å².